The van der Waals surface area contributed by atoms with Crippen molar-refractivity contribution in [1.29, 1.82) is 0 Å². The highest BCUT2D eigenvalue weighted by atomic mass is 32.9. The Balaban J connectivity index is 3.12. The Hall–Kier alpha value is 0.0700. The summed E-state index contributed by atoms with van der Waals surface area (Å²) in [6.07, 6.45) is 0. The van der Waals surface area contributed by atoms with Crippen LogP contribution in [0.2, 0.25) is 0 Å². The molecule has 0 spiro atoms. The predicted molar refractivity (Wildman–Crippen MR) is 70.5 cm³/mol. The van der Waals surface area contributed by atoms with Gasteiger partial charge in [-0.05, 0) is 34.6 Å². The number of nitrogens with zero attached hydrogens (tertiary/aromatic N) is 1. The minimum Gasteiger partial charge on any atom is -0.358 e. The summed E-state index contributed by atoms with van der Waals surface area (Å²) in [6.45, 7) is 11.0. The molecule has 0 amide bonds. The first-order chi connectivity index (χ1) is 6.45. The molecule has 0 fully saturated rings. The van der Waals surface area contributed by atoms with Crippen LogP contribution in [0.4, 0.5) is 5.00 Å². The molecule has 4 heteroatoms. The Morgan fingerprint density at radius 2 is 1.57 bits per heavy atom. The van der Waals surface area contributed by atoms with Gasteiger partial charge in [0.1, 0.15) is 8.82 Å². The van der Waals surface area contributed by atoms with Crippen LogP contribution < -0.4 is 4.90 Å². The van der Waals surface area contributed by atoms with Crippen LogP contribution in [-0.2, 0) is 0 Å². The zero-order valence-electron chi connectivity index (χ0n) is 9.33. The summed E-state index contributed by atoms with van der Waals surface area (Å²) in [5.41, 5.74) is 1.28. The van der Waals surface area contributed by atoms with E-state index in [1.54, 1.807) is 20.7 Å². The van der Waals surface area contributed by atoms with E-state index in [1.807, 2.05) is 0 Å². The highest BCUT2D eigenvalue weighted by molar-refractivity contribution is 7.80. The molecule has 0 radical (unpaired) electrons. The SMILES string of the molecule is Cc1c(N(C(C)C)C(C)C)ssc1=S. The lowest BCUT2D eigenvalue weighted by Gasteiger charge is -2.32. The number of rotatable bonds is 3. The van der Waals surface area contributed by atoms with E-state index in [0.717, 1.165) is 3.82 Å². The van der Waals surface area contributed by atoms with E-state index in [2.05, 4.69) is 39.5 Å². The van der Waals surface area contributed by atoms with Gasteiger partial charge in [0.25, 0.3) is 0 Å². The lowest BCUT2D eigenvalue weighted by Crippen LogP contribution is -2.36. The maximum absolute atomic E-state index is 5.27. The molecule has 1 rings (SSSR count). The molecule has 0 unspecified atom stereocenters. The fourth-order valence-corrected chi connectivity index (χ4v) is 4.71. The Kier molecular flexibility index (Phi) is 4.10. The van der Waals surface area contributed by atoms with Crippen molar-refractivity contribution < 1.29 is 0 Å². The molecular weight excluding hydrogens is 230 g/mol. The van der Waals surface area contributed by atoms with Crippen molar-refractivity contribution in [2.24, 2.45) is 0 Å². The first kappa shape index (κ1) is 12.1. The van der Waals surface area contributed by atoms with Crippen LogP contribution in [-0.4, -0.2) is 12.1 Å². The lowest BCUT2D eigenvalue weighted by molar-refractivity contribution is 0.611. The molecule has 1 heterocycles. The summed E-state index contributed by atoms with van der Waals surface area (Å²) in [5, 5.41) is 1.35. The fourth-order valence-electron chi connectivity index (χ4n) is 1.59. The molecule has 0 aromatic carbocycles. The van der Waals surface area contributed by atoms with Crippen molar-refractivity contribution in [3.05, 3.63) is 9.39 Å². The second-order valence-electron chi connectivity index (χ2n) is 3.98. The maximum Gasteiger partial charge on any atom is 0.107 e. The summed E-state index contributed by atoms with van der Waals surface area (Å²) < 4.78 is 1.04. The minimum atomic E-state index is 0.536. The largest absolute Gasteiger partial charge is 0.358 e. The van der Waals surface area contributed by atoms with Gasteiger partial charge in [-0.1, -0.05) is 32.9 Å². The average molecular weight is 247 g/mol. The number of anilines is 1. The van der Waals surface area contributed by atoms with Crippen molar-refractivity contribution in [1.82, 2.24) is 0 Å². The zero-order chi connectivity index (χ0) is 10.9. The van der Waals surface area contributed by atoms with Gasteiger partial charge in [0.05, 0.1) is 0 Å². The molecule has 0 aliphatic rings. The molecule has 0 saturated carbocycles. The molecule has 80 valence electrons. The topological polar surface area (TPSA) is 3.24 Å². The zero-order valence-corrected chi connectivity index (χ0v) is 11.8. The minimum absolute atomic E-state index is 0.536. The Morgan fingerprint density at radius 3 is 1.86 bits per heavy atom. The smallest absolute Gasteiger partial charge is 0.107 e. The van der Waals surface area contributed by atoms with E-state index in [-0.39, 0.29) is 0 Å². The summed E-state index contributed by atoms with van der Waals surface area (Å²) in [7, 11) is 3.51. The van der Waals surface area contributed by atoms with E-state index >= 15 is 0 Å². The summed E-state index contributed by atoms with van der Waals surface area (Å²) in [4.78, 5) is 2.44. The van der Waals surface area contributed by atoms with Gasteiger partial charge < -0.3 is 4.90 Å². The molecule has 0 bridgehead atoms. The van der Waals surface area contributed by atoms with E-state index in [4.69, 9.17) is 12.2 Å². The van der Waals surface area contributed by atoms with Gasteiger partial charge in [-0.2, -0.15) is 0 Å². The average Bonchev–Trinajstić information content (AvgIpc) is 2.35. The standard InChI is InChI=1S/C10H17NS3/c1-6(2)11(7(3)4)9-8(5)10(12)14-13-9/h6-7H,1-5H3. The lowest BCUT2D eigenvalue weighted by atomic mass is 10.2. The molecule has 1 aromatic heterocycles. The molecule has 14 heavy (non-hydrogen) atoms. The molecule has 0 aliphatic heterocycles. The van der Waals surface area contributed by atoms with E-state index < -0.39 is 0 Å². The first-order valence-electron chi connectivity index (χ1n) is 4.83. The van der Waals surface area contributed by atoms with Crippen LogP contribution in [0, 0.1) is 10.7 Å². The van der Waals surface area contributed by atoms with Gasteiger partial charge >= 0.3 is 0 Å². The van der Waals surface area contributed by atoms with Crippen LogP contribution >= 0.6 is 32.9 Å². The van der Waals surface area contributed by atoms with Crippen molar-refractivity contribution >= 4 is 37.9 Å². The quantitative estimate of drug-likeness (QED) is 0.572. The van der Waals surface area contributed by atoms with Crippen molar-refractivity contribution in [2.45, 2.75) is 46.7 Å². The van der Waals surface area contributed by atoms with Gasteiger partial charge in [0.2, 0.25) is 0 Å². The van der Waals surface area contributed by atoms with Gasteiger partial charge in [0.15, 0.2) is 0 Å². The Bertz CT molecular complexity index is 340. The Labute approximate surface area is 98.8 Å². The first-order valence-corrected chi connectivity index (χ1v) is 7.39. The van der Waals surface area contributed by atoms with Crippen molar-refractivity contribution in [3.8, 4) is 0 Å². The maximum atomic E-state index is 5.27. The van der Waals surface area contributed by atoms with Crippen molar-refractivity contribution in [3.63, 3.8) is 0 Å². The van der Waals surface area contributed by atoms with Crippen LogP contribution in [0.25, 0.3) is 0 Å². The van der Waals surface area contributed by atoms with E-state index in [9.17, 15) is 0 Å². The molecular formula is C10H17NS3. The molecule has 0 aliphatic carbocycles. The summed E-state index contributed by atoms with van der Waals surface area (Å²) in [5.74, 6) is 0. The van der Waals surface area contributed by atoms with Gasteiger partial charge in [-0.3, -0.25) is 0 Å². The molecule has 1 aromatic rings. The molecule has 1 nitrogen and oxygen atoms in total. The normalized spacial score (nSPS) is 11.4. The molecule has 0 saturated heterocycles. The summed E-state index contributed by atoms with van der Waals surface area (Å²) >= 11 is 5.27. The second kappa shape index (κ2) is 4.73. The van der Waals surface area contributed by atoms with Crippen LogP contribution in [0.5, 0.6) is 0 Å². The fraction of sp³-hybridized carbons (Fsp3) is 0.700. The van der Waals surface area contributed by atoms with E-state index in [1.165, 1.54) is 10.6 Å². The number of hydrogen-bond acceptors (Lipinski definition) is 4. The predicted octanol–water partition coefficient (Wildman–Crippen LogP) is 4.47. The third-order valence-corrected chi connectivity index (χ3v) is 5.48. The Morgan fingerprint density at radius 1 is 1.07 bits per heavy atom. The van der Waals surface area contributed by atoms with Crippen molar-refractivity contribution in [2.75, 3.05) is 4.90 Å². The van der Waals surface area contributed by atoms with Crippen LogP contribution in [0.3, 0.4) is 0 Å². The molecule has 0 atom stereocenters. The monoisotopic (exact) mass is 247 g/mol. The third kappa shape index (κ3) is 2.35. The second-order valence-corrected chi connectivity index (χ2v) is 6.77. The summed E-state index contributed by atoms with van der Waals surface area (Å²) in [6, 6.07) is 1.07. The van der Waals surface area contributed by atoms with Gasteiger partial charge in [0, 0.05) is 17.6 Å². The van der Waals surface area contributed by atoms with Crippen LogP contribution in [0.15, 0.2) is 0 Å². The highest BCUT2D eigenvalue weighted by Crippen LogP contribution is 2.35. The van der Waals surface area contributed by atoms with Gasteiger partial charge in [-0.25, -0.2) is 0 Å². The third-order valence-electron chi connectivity index (χ3n) is 2.17. The van der Waals surface area contributed by atoms with Gasteiger partial charge in [-0.15, -0.1) is 0 Å². The van der Waals surface area contributed by atoms with Crippen LogP contribution in [0.1, 0.15) is 33.3 Å². The molecule has 0 N–H and O–H groups in total. The highest BCUT2D eigenvalue weighted by Gasteiger charge is 2.18. The number of hydrogen-bond donors (Lipinski definition) is 0. The van der Waals surface area contributed by atoms with E-state index in [0.29, 0.717) is 12.1 Å².